The molecule has 1 N–H and O–H groups in total. The molecule has 18 heavy (non-hydrogen) atoms. The number of amides is 1. The van der Waals surface area contributed by atoms with Crippen LogP contribution in [-0.2, 0) is 14.6 Å². The van der Waals surface area contributed by atoms with Gasteiger partial charge in [0.2, 0.25) is 5.91 Å². The van der Waals surface area contributed by atoms with Crippen molar-refractivity contribution < 1.29 is 13.2 Å². The molecule has 1 aromatic rings. The molecule has 2 rings (SSSR count). The SMILES string of the molecule is Cc1ccc(NC(=O)C2CCCS(=O)(=O)C2)cc1. The molecule has 0 bridgehead atoms. The maximum absolute atomic E-state index is 12.0. The van der Waals surface area contributed by atoms with Gasteiger partial charge in [-0.25, -0.2) is 8.42 Å². The van der Waals surface area contributed by atoms with Crippen molar-refractivity contribution in [2.45, 2.75) is 19.8 Å². The lowest BCUT2D eigenvalue weighted by molar-refractivity contribution is -0.119. The molecule has 1 saturated heterocycles. The third-order valence-electron chi connectivity index (χ3n) is 3.15. The number of anilines is 1. The highest BCUT2D eigenvalue weighted by molar-refractivity contribution is 7.91. The molecule has 1 aliphatic heterocycles. The van der Waals surface area contributed by atoms with Crippen LogP contribution in [0.15, 0.2) is 24.3 Å². The highest BCUT2D eigenvalue weighted by Crippen LogP contribution is 2.20. The van der Waals surface area contributed by atoms with E-state index in [1.807, 2.05) is 31.2 Å². The summed E-state index contributed by atoms with van der Waals surface area (Å²) in [6.07, 6.45) is 1.23. The molecule has 1 unspecified atom stereocenters. The van der Waals surface area contributed by atoms with Crippen molar-refractivity contribution in [3.05, 3.63) is 29.8 Å². The second-order valence-electron chi connectivity index (χ2n) is 4.81. The molecule has 1 atom stereocenters. The van der Waals surface area contributed by atoms with Crippen molar-refractivity contribution in [2.75, 3.05) is 16.8 Å². The summed E-state index contributed by atoms with van der Waals surface area (Å²) in [6.45, 7) is 1.97. The van der Waals surface area contributed by atoms with E-state index in [1.165, 1.54) is 0 Å². The average Bonchev–Trinajstić information content (AvgIpc) is 2.31. The number of carbonyl (C=O) groups excluding carboxylic acids is 1. The quantitative estimate of drug-likeness (QED) is 0.888. The van der Waals surface area contributed by atoms with Gasteiger partial charge in [0, 0.05) is 5.69 Å². The molecule has 0 saturated carbocycles. The van der Waals surface area contributed by atoms with Crippen molar-refractivity contribution in [3.63, 3.8) is 0 Å². The van der Waals surface area contributed by atoms with Crippen molar-refractivity contribution in [1.29, 1.82) is 0 Å². The topological polar surface area (TPSA) is 63.2 Å². The molecular formula is C13H17NO3S. The summed E-state index contributed by atoms with van der Waals surface area (Å²) < 4.78 is 23.0. The predicted octanol–water partition coefficient (Wildman–Crippen LogP) is 1.76. The van der Waals surface area contributed by atoms with E-state index in [4.69, 9.17) is 0 Å². The van der Waals surface area contributed by atoms with Gasteiger partial charge in [0.05, 0.1) is 17.4 Å². The van der Waals surface area contributed by atoms with Crippen LogP contribution < -0.4 is 5.32 Å². The lowest BCUT2D eigenvalue weighted by Gasteiger charge is -2.21. The highest BCUT2D eigenvalue weighted by atomic mass is 32.2. The fraction of sp³-hybridized carbons (Fsp3) is 0.462. The van der Waals surface area contributed by atoms with Crippen LogP contribution in [0.25, 0.3) is 0 Å². The Labute approximate surface area is 107 Å². The summed E-state index contributed by atoms with van der Waals surface area (Å²) in [5.41, 5.74) is 1.84. The number of nitrogens with one attached hydrogen (secondary N) is 1. The Morgan fingerprint density at radius 1 is 1.28 bits per heavy atom. The third kappa shape index (κ3) is 3.32. The largest absolute Gasteiger partial charge is 0.326 e. The molecule has 0 aliphatic carbocycles. The lowest BCUT2D eigenvalue weighted by atomic mass is 10.0. The number of sulfone groups is 1. The first-order chi connectivity index (χ1) is 8.46. The van der Waals surface area contributed by atoms with Crippen LogP contribution in [-0.4, -0.2) is 25.8 Å². The fourth-order valence-electron chi connectivity index (χ4n) is 2.11. The van der Waals surface area contributed by atoms with Gasteiger partial charge in [0.15, 0.2) is 9.84 Å². The van der Waals surface area contributed by atoms with Crippen molar-refractivity contribution in [2.24, 2.45) is 5.92 Å². The summed E-state index contributed by atoms with van der Waals surface area (Å²) in [7, 11) is -3.04. The van der Waals surface area contributed by atoms with Gasteiger partial charge >= 0.3 is 0 Å². The van der Waals surface area contributed by atoms with E-state index >= 15 is 0 Å². The van der Waals surface area contributed by atoms with Crippen molar-refractivity contribution in [3.8, 4) is 0 Å². The zero-order chi connectivity index (χ0) is 13.2. The van der Waals surface area contributed by atoms with Crippen LogP contribution in [0.5, 0.6) is 0 Å². The van der Waals surface area contributed by atoms with Gasteiger partial charge in [-0.3, -0.25) is 4.79 Å². The van der Waals surface area contributed by atoms with E-state index in [9.17, 15) is 13.2 Å². The summed E-state index contributed by atoms with van der Waals surface area (Å²) in [6, 6.07) is 7.47. The highest BCUT2D eigenvalue weighted by Gasteiger charge is 2.29. The molecule has 1 aromatic carbocycles. The van der Waals surface area contributed by atoms with Crippen LogP contribution >= 0.6 is 0 Å². The van der Waals surface area contributed by atoms with E-state index in [2.05, 4.69) is 5.32 Å². The Balaban J connectivity index is 2.01. The van der Waals surface area contributed by atoms with Crippen LogP contribution in [0.2, 0.25) is 0 Å². The minimum absolute atomic E-state index is 0.0231. The van der Waals surface area contributed by atoms with Crippen molar-refractivity contribution >= 4 is 21.4 Å². The predicted molar refractivity (Wildman–Crippen MR) is 71.2 cm³/mol. The van der Waals surface area contributed by atoms with E-state index in [0.717, 1.165) is 5.56 Å². The Morgan fingerprint density at radius 3 is 2.56 bits per heavy atom. The van der Waals surface area contributed by atoms with Crippen LogP contribution in [0, 0.1) is 12.8 Å². The number of aryl methyl sites for hydroxylation is 1. The van der Waals surface area contributed by atoms with Gasteiger partial charge in [0.25, 0.3) is 0 Å². The van der Waals surface area contributed by atoms with Gasteiger partial charge in [0.1, 0.15) is 0 Å². The van der Waals surface area contributed by atoms with E-state index in [-0.39, 0.29) is 17.4 Å². The monoisotopic (exact) mass is 267 g/mol. The Hall–Kier alpha value is -1.36. The second kappa shape index (κ2) is 5.10. The first-order valence-electron chi connectivity index (χ1n) is 6.04. The molecule has 1 aliphatic rings. The third-order valence-corrected chi connectivity index (χ3v) is 4.97. The van der Waals surface area contributed by atoms with E-state index in [0.29, 0.717) is 18.5 Å². The summed E-state index contributed by atoms with van der Waals surface area (Å²) >= 11 is 0. The lowest BCUT2D eigenvalue weighted by Crippen LogP contribution is -2.34. The average molecular weight is 267 g/mol. The maximum Gasteiger partial charge on any atom is 0.228 e. The van der Waals surface area contributed by atoms with Gasteiger partial charge in [-0.2, -0.15) is 0 Å². The van der Waals surface area contributed by atoms with Crippen LogP contribution in [0.1, 0.15) is 18.4 Å². The number of hydrogen-bond acceptors (Lipinski definition) is 3. The van der Waals surface area contributed by atoms with Gasteiger partial charge in [-0.05, 0) is 31.9 Å². The zero-order valence-electron chi connectivity index (χ0n) is 10.3. The Morgan fingerprint density at radius 2 is 1.94 bits per heavy atom. The number of rotatable bonds is 2. The van der Waals surface area contributed by atoms with Gasteiger partial charge < -0.3 is 5.32 Å². The van der Waals surface area contributed by atoms with Crippen LogP contribution in [0.4, 0.5) is 5.69 Å². The molecule has 0 aromatic heterocycles. The van der Waals surface area contributed by atoms with E-state index in [1.54, 1.807) is 0 Å². The Kier molecular flexibility index (Phi) is 3.71. The minimum Gasteiger partial charge on any atom is -0.326 e. The smallest absolute Gasteiger partial charge is 0.228 e. The zero-order valence-corrected chi connectivity index (χ0v) is 11.2. The first-order valence-corrected chi connectivity index (χ1v) is 7.86. The van der Waals surface area contributed by atoms with Gasteiger partial charge in [-0.1, -0.05) is 17.7 Å². The number of hydrogen-bond donors (Lipinski definition) is 1. The molecule has 98 valence electrons. The van der Waals surface area contributed by atoms with Crippen molar-refractivity contribution in [1.82, 2.24) is 0 Å². The Bertz CT molecular complexity index is 534. The summed E-state index contributed by atoms with van der Waals surface area (Å²) in [5, 5.41) is 2.77. The molecule has 1 amide bonds. The minimum atomic E-state index is -3.04. The summed E-state index contributed by atoms with van der Waals surface area (Å²) in [5.74, 6) is -0.418. The molecule has 1 fully saturated rings. The number of benzene rings is 1. The first kappa shape index (κ1) is 13.1. The fourth-order valence-corrected chi connectivity index (χ4v) is 3.82. The summed E-state index contributed by atoms with van der Waals surface area (Å²) in [4.78, 5) is 12.0. The van der Waals surface area contributed by atoms with Crippen LogP contribution in [0.3, 0.4) is 0 Å². The normalized spacial score (nSPS) is 22.4. The van der Waals surface area contributed by atoms with Gasteiger partial charge in [-0.15, -0.1) is 0 Å². The molecular weight excluding hydrogens is 250 g/mol. The molecule has 4 nitrogen and oxygen atoms in total. The molecule has 1 heterocycles. The molecule has 0 radical (unpaired) electrons. The van der Waals surface area contributed by atoms with E-state index < -0.39 is 15.8 Å². The molecule has 0 spiro atoms. The second-order valence-corrected chi connectivity index (χ2v) is 7.04. The maximum atomic E-state index is 12.0. The standard InChI is InChI=1S/C13H17NO3S/c1-10-4-6-12(7-5-10)14-13(15)11-3-2-8-18(16,17)9-11/h4-7,11H,2-3,8-9H2,1H3,(H,14,15). The number of carbonyl (C=O) groups is 1. The molecule has 5 heteroatoms.